The van der Waals surface area contributed by atoms with Crippen LogP contribution >= 0.6 is 0 Å². The third-order valence-electron chi connectivity index (χ3n) is 5.22. The van der Waals surface area contributed by atoms with Gasteiger partial charge in [-0.1, -0.05) is 6.07 Å². The van der Waals surface area contributed by atoms with Gasteiger partial charge in [0.05, 0.1) is 10.7 Å². The van der Waals surface area contributed by atoms with E-state index in [9.17, 15) is 27.7 Å². The van der Waals surface area contributed by atoms with Crippen LogP contribution < -0.4 is 10.2 Å². The van der Waals surface area contributed by atoms with Crippen molar-refractivity contribution in [3.05, 3.63) is 69.5 Å². The Morgan fingerprint density at radius 2 is 1.77 bits per heavy atom. The summed E-state index contributed by atoms with van der Waals surface area (Å²) in [6, 6.07) is 10.2. The van der Waals surface area contributed by atoms with Gasteiger partial charge >= 0.3 is 0 Å². The summed E-state index contributed by atoms with van der Waals surface area (Å²) in [4.78, 5) is 24.8. The summed E-state index contributed by atoms with van der Waals surface area (Å²) in [5, 5.41) is 13.5. The number of halogens is 1. The average Bonchev–Trinajstić information content (AvgIpc) is 2.74. The smallest absolute Gasteiger partial charge is 0.273 e. The Bertz CT molecular complexity index is 1070. The Balaban J connectivity index is 1.53. The summed E-state index contributed by atoms with van der Waals surface area (Å²) < 4.78 is 39.7. The first-order chi connectivity index (χ1) is 14.7. The summed E-state index contributed by atoms with van der Waals surface area (Å²) in [6.07, 6.45) is 0. The van der Waals surface area contributed by atoms with Crippen molar-refractivity contribution in [3.63, 3.8) is 0 Å². The zero-order valence-electron chi connectivity index (χ0n) is 17.0. The van der Waals surface area contributed by atoms with E-state index in [1.807, 2.05) is 4.90 Å². The lowest BCUT2D eigenvalue weighted by Crippen LogP contribution is -2.50. The van der Waals surface area contributed by atoms with Gasteiger partial charge in [-0.15, -0.1) is 0 Å². The van der Waals surface area contributed by atoms with Gasteiger partial charge in [-0.3, -0.25) is 14.9 Å². The highest BCUT2D eigenvalue weighted by molar-refractivity contribution is 7.89. The molecule has 1 amide bonds. The number of nitrogens with zero attached hydrogens (tertiary/aromatic N) is 3. The molecule has 9 nitrogen and oxygen atoms in total. The minimum atomic E-state index is -3.58. The highest BCUT2D eigenvalue weighted by Gasteiger charge is 2.27. The molecule has 0 aromatic heterocycles. The molecule has 0 aliphatic carbocycles. The van der Waals surface area contributed by atoms with Crippen LogP contribution in [0.4, 0.5) is 15.8 Å². The van der Waals surface area contributed by atoms with E-state index in [0.717, 1.165) is 5.69 Å². The van der Waals surface area contributed by atoms with Crippen LogP contribution in [0, 0.1) is 22.9 Å². The number of carbonyl (C=O) groups excluding carboxylic acids is 1. The van der Waals surface area contributed by atoms with Gasteiger partial charge in [0.25, 0.3) is 11.6 Å². The van der Waals surface area contributed by atoms with Crippen molar-refractivity contribution < 1.29 is 22.5 Å². The van der Waals surface area contributed by atoms with E-state index in [2.05, 4.69) is 5.32 Å². The summed E-state index contributed by atoms with van der Waals surface area (Å²) in [7, 11) is -3.58. The lowest BCUT2D eigenvalue weighted by atomic mass is 10.1. The maximum absolute atomic E-state index is 13.1. The number of hydrogen-bond acceptors (Lipinski definition) is 6. The molecule has 31 heavy (non-hydrogen) atoms. The molecule has 1 heterocycles. The lowest BCUT2D eigenvalue weighted by molar-refractivity contribution is -0.385. The van der Waals surface area contributed by atoms with Crippen LogP contribution in [0.25, 0.3) is 0 Å². The molecule has 1 saturated heterocycles. The van der Waals surface area contributed by atoms with Crippen molar-refractivity contribution in [2.24, 2.45) is 0 Å². The molecule has 3 rings (SSSR count). The van der Waals surface area contributed by atoms with Gasteiger partial charge in [0.2, 0.25) is 10.0 Å². The molecule has 0 bridgehead atoms. The maximum atomic E-state index is 13.1. The molecule has 0 atom stereocenters. The minimum Gasteiger partial charge on any atom is -0.369 e. The molecule has 0 spiro atoms. The van der Waals surface area contributed by atoms with Crippen LogP contribution in [0.15, 0.2) is 42.5 Å². The van der Waals surface area contributed by atoms with E-state index in [1.165, 1.54) is 41.6 Å². The second-order valence-electron chi connectivity index (χ2n) is 7.14. The van der Waals surface area contributed by atoms with Gasteiger partial charge in [-0.2, -0.15) is 4.31 Å². The van der Waals surface area contributed by atoms with E-state index < -0.39 is 20.9 Å². The quantitative estimate of drug-likeness (QED) is 0.509. The van der Waals surface area contributed by atoms with E-state index >= 15 is 0 Å². The highest BCUT2D eigenvalue weighted by Crippen LogP contribution is 2.21. The maximum Gasteiger partial charge on any atom is 0.273 e. The molecule has 1 aliphatic rings. The SMILES string of the molecule is Cc1c(C(=O)NCCS(=O)(=O)N2CCN(c3ccc(F)cc3)CC2)cccc1[N+](=O)[O-]. The predicted octanol–water partition coefficient (Wildman–Crippen LogP) is 1.92. The molecule has 166 valence electrons. The molecule has 2 aromatic carbocycles. The Morgan fingerprint density at radius 3 is 2.39 bits per heavy atom. The van der Waals surface area contributed by atoms with Crippen LogP contribution in [0.5, 0.6) is 0 Å². The molecule has 0 saturated carbocycles. The minimum absolute atomic E-state index is 0.110. The zero-order chi connectivity index (χ0) is 22.6. The van der Waals surface area contributed by atoms with Gasteiger partial charge in [0, 0.05) is 55.6 Å². The Kier molecular flexibility index (Phi) is 6.86. The molecule has 0 radical (unpaired) electrons. The van der Waals surface area contributed by atoms with E-state index in [-0.39, 0.29) is 48.0 Å². The number of hydrogen-bond donors (Lipinski definition) is 1. The number of anilines is 1. The van der Waals surface area contributed by atoms with Crippen molar-refractivity contribution in [2.45, 2.75) is 6.92 Å². The van der Waals surface area contributed by atoms with Crippen LogP contribution in [-0.2, 0) is 10.0 Å². The van der Waals surface area contributed by atoms with Crippen molar-refractivity contribution in [2.75, 3.05) is 43.4 Å². The van der Waals surface area contributed by atoms with Gasteiger partial charge in [-0.25, -0.2) is 12.8 Å². The average molecular weight is 450 g/mol. The number of nitrogens with one attached hydrogen (secondary N) is 1. The largest absolute Gasteiger partial charge is 0.369 e. The number of rotatable bonds is 7. The van der Waals surface area contributed by atoms with Crippen molar-refractivity contribution in [1.29, 1.82) is 0 Å². The third-order valence-corrected chi connectivity index (χ3v) is 7.09. The Hall–Kier alpha value is -3.05. The Labute approximate surface area is 179 Å². The van der Waals surface area contributed by atoms with Crippen molar-refractivity contribution in [1.82, 2.24) is 9.62 Å². The standard InChI is InChI=1S/C20H23FN4O5S/c1-15-18(3-2-4-19(15)25(27)28)20(26)22-9-14-31(29,30)24-12-10-23(11-13-24)17-7-5-16(21)6-8-17/h2-8H,9-14H2,1H3,(H,22,26). The first kappa shape index (κ1) is 22.6. The van der Waals surface area contributed by atoms with Crippen LogP contribution in [0.3, 0.4) is 0 Å². The molecule has 2 aromatic rings. The molecular formula is C20H23FN4O5S. The number of carbonyl (C=O) groups is 1. The molecule has 11 heteroatoms. The van der Waals surface area contributed by atoms with E-state index in [4.69, 9.17) is 0 Å². The molecule has 0 unspecified atom stereocenters. The summed E-state index contributed by atoms with van der Waals surface area (Å²) in [5.41, 5.74) is 1.03. The molecule has 1 N–H and O–H groups in total. The van der Waals surface area contributed by atoms with Crippen LogP contribution in [-0.4, -0.2) is 62.0 Å². The fraction of sp³-hybridized carbons (Fsp3) is 0.350. The number of benzene rings is 2. The fourth-order valence-corrected chi connectivity index (χ4v) is 4.80. The number of sulfonamides is 1. The zero-order valence-corrected chi connectivity index (χ0v) is 17.8. The number of piperazine rings is 1. The second kappa shape index (κ2) is 9.40. The summed E-state index contributed by atoms with van der Waals surface area (Å²) in [6.45, 7) is 2.90. The Morgan fingerprint density at radius 1 is 1.13 bits per heavy atom. The monoisotopic (exact) mass is 450 g/mol. The van der Waals surface area contributed by atoms with E-state index in [0.29, 0.717) is 13.1 Å². The molecule has 1 fully saturated rings. The van der Waals surface area contributed by atoms with Crippen LogP contribution in [0.1, 0.15) is 15.9 Å². The lowest BCUT2D eigenvalue weighted by Gasteiger charge is -2.35. The van der Waals surface area contributed by atoms with Gasteiger partial charge in [0.15, 0.2) is 0 Å². The van der Waals surface area contributed by atoms with Crippen LogP contribution in [0.2, 0.25) is 0 Å². The normalized spacial score (nSPS) is 15.0. The second-order valence-corrected chi connectivity index (χ2v) is 9.23. The molecule has 1 aliphatic heterocycles. The van der Waals surface area contributed by atoms with Crippen molar-refractivity contribution >= 4 is 27.3 Å². The fourth-order valence-electron chi connectivity index (χ4n) is 3.46. The van der Waals surface area contributed by atoms with Gasteiger partial charge < -0.3 is 10.2 Å². The first-order valence-electron chi connectivity index (χ1n) is 9.69. The summed E-state index contributed by atoms with van der Waals surface area (Å²) >= 11 is 0. The summed E-state index contributed by atoms with van der Waals surface area (Å²) in [5.74, 6) is -1.16. The number of nitro groups is 1. The molecular weight excluding hydrogens is 427 g/mol. The third kappa shape index (κ3) is 5.36. The number of nitro benzene ring substituents is 1. The van der Waals surface area contributed by atoms with Gasteiger partial charge in [-0.05, 0) is 37.3 Å². The van der Waals surface area contributed by atoms with E-state index in [1.54, 1.807) is 12.1 Å². The predicted molar refractivity (Wildman–Crippen MR) is 114 cm³/mol. The van der Waals surface area contributed by atoms with Crippen molar-refractivity contribution in [3.8, 4) is 0 Å². The highest BCUT2D eigenvalue weighted by atomic mass is 32.2. The topological polar surface area (TPSA) is 113 Å². The first-order valence-corrected chi connectivity index (χ1v) is 11.3. The van der Waals surface area contributed by atoms with Gasteiger partial charge in [0.1, 0.15) is 5.82 Å². The number of amides is 1.